The highest BCUT2D eigenvalue weighted by Gasteiger charge is 2.12. The van der Waals surface area contributed by atoms with Gasteiger partial charge in [0.25, 0.3) is 11.8 Å². The quantitative estimate of drug-likeness (QED) is 0.185. The van der Waals surface area contributed by atoms with E-state index < -0.39 is 23.6 Å². The fraction of sp³-hybridized carbons (Fsp3) is 0.0370. The van der Waals surface area contributed by atoms with Gasteiger partial charge in [-0.3, -0.25) is 9.59 Å². The van der Waals surface area contributed by atoms with E-state index >= 15 is 0 Å². The number of esters is 1. The molecule has 0 atom stereocenters. The van der Waals surface area contributed by atoms with Crippen LogP contribution >= 0.6 is 0 Å². The topological polar surface area (TPSA) is 96.9 Å². The molecule has 2 amide bonds. The summed E-state index contributed by atoms with van der Waals surface area (Å²) in [5.41, 5.74) is 3.68. The first-order valence-corrected chi connectivity index (χ1v) is 10.7. The molecule has 2 N–H and O–H groups in total. The van der Waals surface area contributed by atoms with Gasteiger partial charge in [-0.2, -0.15) is 5.10 Å². The van der Waals surface area contributed by atoms with Crippen LogP contribution in [0.3, 0.4) is 0 Å². The summed E-state index contributed by atoms with van der Waals surface area (Å²) in [5, 5.41) is 8.03. The fourth-order valence-corrected chi connectivity index (χ4v) is 3.27. The first kappa shape index (κ1) is 23.3. The van der Waals surface area contributed by atoms with Crippen molar-refractivity contribution in [2.75, 3.05) is 6.54 Å². The lowest BCUT2D eigenvalue weighted by Gasteiger charge is -2.07. The molecule has 0 aliphatic heterocycles. The predicted molar refractivity (Wildman–Crippen MR) is 130 cm³/mol. The standard InChI is InChI=1S/C27H20FN3O4/c28-21-12-10-20(11-13-21)26(33)29-17-25(32)31-30-16-18-8-14-22(15-9-18)35-27(34)24-7-3-5-19-4-1-2-6-23(19)24/h1-16H,17H2,(H,29,33)(H,31,32)/b30-16+. The molecule has 0 aliphatic rings. The summed E-state index contributed by atoms with van der Waals surface area (Å²) in [6.07, 6.45) is 1.41. The lowest BCUT2D eigenvalue weighted by atomic mass is 10.0. The number of ether oxygens (including phenoxy) is 1. The molecule has 4 rings (SSSR count). The van der Waals surface area contributed by atoms with Gasteiger partial charge in [0.1, 0.15) is 11.6 Å². The summed E-state index contributed by atoms with van der Waals surface area (Å²) in [4.78, 5) is 36.4. The Kier molecular flexibility index (Phi) is 7.22. The van der Waals surface area contributed by atoms with Gasteiger partial charge in [0.05, 0.1) is 18.3 Å². The molecule has 0 saturated carbocycles. The second-order valence-electron chi connectivity index (χ2n) is 7.47. The Hall–Kier alpha value is -4.85. The van der Waals surface area contributed by atoms with E-state index in [-0.39, 0.29) is 12.1 Å². The zero-order valence-electron chi connectivity index (χ0n) is 18.4. The first-order chi connectivity index (χ1) is 17.0. The van der Waals surface area contributed by atoms with E-state index in [0.29, 0.717) is 16.9 Å². The Labute approximate surface area is 200 Å². The third kappa shape index (κ3) is 6.14. The zero-order chi connectivity index (χ0) is 24.6. The molecule has 0 bridgehead atoms. The Morgan fingerprint density at radius 1 is 0.857 bits per heavy atom. The van der Waals surface area contributed by atoms with Gasteiger partial charge in [0, 0.05) is 5.56 Å². The van der Waals surface area contributed by atoms with Crippen LogP contribution in [0.4, 0.5) is 4.39 Å². The van der Waals surface area contributed by atoms with Gasteiger partial charge in [0.15, 0.2) is 0 Å². The maximum Gasteiger partial charge on any atom is 0.344 e. The maximum absolute atomic E-state index is 12.9. The van der Waals surface area contributed by atoms with Crippen LogP contribution in [-0.2, 0) is 4.79 Å². The average molecular weight is 469 g/mol. The van der Waals surface area contributed by atoms with Crippen LogP contribution < -0.4 is 15.5 Å². The van der Waals surface area contributed by atoms with Gasteiger partial charge >= 0.3 is 5.97 Å². The van der Waals surface area contributed by atoms with Crippen molar-refractivity contribution in [3.05, 3.63) is 114 Å². The SMILES string of the molecule is O=C(CNC(=O)c1ccc(F)cc1)N/N=C/c1ccc(OC(=O)c2cccc3ccccc23)cc1. The van der Waals surface area contributed by atoms with Crippen molar-refractivity contribution in [2.45, 2.75) is 0 Å². The number of nitrogens with one attached hydrogen (secondary N) is 2. The van der Waals surface area contributed by atoms with Crippen molar-refractivity contribution in [3.8, 4) is 5.75 Å². The van der Waals surface area contributed by atoms with E-state index in [0.717, 1.165) is 22.9 Å². The van der Waals surface area contributed by atoms with Crippen molar-refractivity contribution in [1.82, 2.24) is 10.7 Å². The zero-order valence-corrected chi connectivity index (χ0v) is 18.4. The van der Waals surface area contributed by atoms with Gasteiger partial charge in [-0.25, -0.2) is 14.6 Å². The molecule has 4 aromatic carbocycles. The van der Waals surface area contributed by atoms with Crippen LogP contribution in [0.2, 0.25) is 0 Å². The first-order valence-electron chi connectivity index (χ1n) is 10.7. The fourth-order valence-electron chi connectivity index (χ4n) is 3.27. The molecular formula is C27H20FN3O4. The highest BCUT2D eigenvalue weighted by atomic mass is 19.1. The van der Waals surface area contributed by atoms with Crippen LogP contribution in [0.1, 0.15) is 26.3 Å². The summed E-state index contributed by atoms with van der Waals surface area (Å²) in [5.74, 6) is -1.58. The number of nitrogens with zero attached hydrogens (tertiary/aromatic N) is 1. The Morgan fingerprint density at radius 3 is 2.34 bits per heavy atom. The number of benzene rings is 4. The second-order valence-corrected chi connectivity index (χ2v) is 7.47. The lowest BCUT2D eigenvalue weighted by molar-refractivity contribution is -0.120. The summed E-state index contributed by atoms with van der Waals surface area (Å²) in [7, 11) is 0. The third-order valence-corrected chi connectivity index (χ3v) is 5.02. The highest BCUT2D eigenvalue weighted by Crippen LogP contribution is 2.21. The Morgan fingerprint density at radius 2 is 1.57 bits per heavy atom. The van der Waals surface area contributed by atoms with Gasteiger partial charge < -0.3 is 10.1 Å². The van der Waals surface area contributed by atoms with Gasteiger partial charge in [-0.05, 0) is 70.9 Å². The summed E-state index contributed by atoms with van der Waals surface area (Å²) < 4.78 is 18.4. The van der Waals surface area contributed by atoms with Crippen LogP contribution in [0, 0.1) is 5.82 Å². The molecule has 7 nitrogen and oxygen atoms in total. The molecule has 0 spiro atoms. The predicted octanol–water partition coefficient (Wildman–Crippen LogP) is 4.08. The summed E-state index contributed by atoms with van der Waals surface area (Å²) in [6.45, 7) is -0.295. The number of hydrogen-bond acceptors (Lipinski definition) is 5. The maximum atomic E-state index is 12.9. The van der Waals surface area contributed by atoms with E-state index in [4.69, 9.17) is 4.74 Å². The number of fused-ring (bicyclic) bond motifs is 1. The molecule has 35 heavy (non-hydrogen) atoms. The van der Waals surface area contributed by atoms with E-state index in [1.165, 1.54) is 18.3 Å². The molecule has 174 valence electrons. The number of halogens is 1. The second kappa shape index (κ2) is 10.8. The Balaban J connectivity index is 1.27. The molecule has 0 fully saturated rings. The number of hydrazone groups is 1. The minimum Gasteiger partial charge on any atom is -0.423 e. The third-order valence-electron chi connectivity index (χ3n) is 5.02. The molecule has 0 saturated heterocycles. The molecule has 4 aromatic rings. The molecule has 0 heterocycles. The number of carbonyl (C=O) groups is 3. The van der Waals surface area contributed by atoms with Crippen molar-refractivity contribution in [2.24, 2.45) is 5.10 Å². The molecular weight excluding hydrogens is 449 g/mol. The van der Waals surface area contributed by atoms with E-state index in [2.05, 4.69) is 15.8 Å². The number of carbonyl (C=O) groups excluding carboxylic acids is 3. The molecule has 0 aromatic heterocycles. The molecule has 8 heteroatoms. The smallest absolute Gasteiger partial charge is 0.344 e. The minimum absolute atomic E-state index is 0.240. The van der Waals surface area contributed by atoms with Crippen molar-refractivity contribution in [3.63, 3.8) is 0 Å². The van der Waals surface area contributed by atoms with Crippen molar-refractivity contribution in [1.29, 1.82) is 0 Å². The van der Waals surface area contributed by atoms with E-state index in [9.17, 15) is 18.8 Å². The number of hydrogen-bond donors (Lipinski definition) is 2. The van der Waals surface area contributed by atoms with Gasteiger partial charge in [-0.1, -0.05) is 36.4 Å². The van der Waals surface area contributed by atoms with Crippen LogP contribution in [0.15, 0.2) is 96.1 Å². The largest absolute Gasteiger partial charge is 0.423 e. The molecule has 0 aliphatic carbocycles. The van der Waals surface area contributed by atoms with Crippen LogP contribution in [-0.4, -0.2) is 30.5 Å². The monoisotopic (exact) mass is 469 g/mol. The summed E-state index contributed by atoms with van der Waals surface area (Å²) >= 11 is 0. The van der Waals surface area contributed by atoms with Crippen molar-refractivity contribution >= 4 is 34.8 Å². The van der Waals surface area contributed by atoms with Crippen molar-refractivity contribution < 1.29 is 23.5 Å². The minimum atomic E-state index is -0.530. The molecule has 0 radical (unpaired) electrons. The van der Waals surface area contributed by atoms with E-state index in [1.54, 1.807) is 36.4 Å². The molecule has 0 unspecified atom stereocenters. The van der Waals surface area contributed by atoms with E-state index in [1.807, 2.05) is 30.3 Å². The highest BCUT2D eigenvalue weighted by molar-refractivity contribution is 6.05. The number of amides is 2. The lowest BCUT2D eigenvalue weighted by Crippen LogP contribution is -2.34. The Bertz CT molecular complexity index is 1400. The number of rotatable bonds is 7. The average Bonchev–Trinajstić information content (AvgIpc) is 2.88. The van der Waals surface area contributed by atoms with Crippen LogP contribution in [0.5, 0.6) is 5.75 Å². The normalized spacial score (nSPS) is 10.8. The van der Waals surface area contributed by atoms with Gasteiger partial charge in [0.2, 0.25) is 0 Å². The van der Waals surface area contributed by atoms with Gasteiger partial charge in [-0.15, -0.1) is 0 Å². The summed E-state index contributed by atoms with van der Waals surface area (Å²) in [6, 6.07) is 24.6. The van der Waals surface area contributed by atoms with Crippen LogP contribution in [0.25, 0.3) is 10.8 Å².